The number of aliphatic imine (C=N–C) groups is 1. The molecule has 1 N–H and O–H groups in total. The number of rotatable bonds is 2. The fraction of sp³-hybridized carbons (Fsp3) is 0.500. The molecule has 2 fully saturated rings. The van der Waals surface area contributed by atoms with E-state index >= 15 is 0 Å². The molecule has 102 valence electrons. The molecule has 0 bridgehead atoms. The predicted molar refractivity (Wildman–Crippen MR) is 81.0 cm³/mol. The lowest BCUT2D eigenvalue weighted by Crippen LogP contribution is -2.48. The van der Waals surface area contributed by atoms with E-state index in [1.165, 1.54) is 0 Å². The Morgan fingerprint density at radius 2 is 2.21 bits per heavy atom. The van der Waals surface area contributed by atoms with Gasteiger partial charge in [0, 0.05) is 24.0 Å². The van der Waals surface area contributed by atoms with Crippen LogP contribution in [0, 0.1) is 0 Å². The number of hydrogen-bond acceptors (Lipinski definition) is 3. The van der Waals surface area contributed by atoms with Crippen molar-refractivity contribution in [1.82, 2.24) is 5.32 Å². The van der Waals surface area contributed by atoms with Crippen molar-refractivity contribution < 1.29 is 4.74 Å². The molecule has 0 unspecified atom stereocenters. The normalized spacial score (nSPS) is 23.7. The summed E-state index contributed by atoms with van der Waals surface area (Å²) in [6, 6.07) is 7.88. The minimum Gasteiger partial charge on any atom is -0.381 e. The molecule has 0 amide bonds. The van der Waals surface area contributed by atoms with Crippen LogP contribution in [0.5, 0.6) is 0 Å². The van der Waals surface area contributed by atoms with Crippen molar-refractivity contribution in [2.45, 2.75) is 24.9 Å². The standard InChI is InChI=1S/C14H17ClN2OS/c15-12-3-1-2-11(8-12)9-16-13-17-14(10-19-13)4-6-18-7-5-14/h1-3,8H,4-7,9-10H2,(H,16,17). The van der Waals surface area contributed by atoms with Crippen LogP contribution >= 0.6 is 23.4 Å². The van der Waals surface area contributed by atoms with Gasteiger partial charge in [0.05, 0.1) is 12.1 Å². The Morgan fingerprint density at radius 1 is 1.37 bits per heavy atom. The van der Waals surface area contributed by atoms with Gasteiger partial charge in [-0.3, -0.25) is 4.99 Å². The zero-order chi connectivity index (χ0) is 13.1. The Hall–Kier alpha value is -0.710. The first-order chi connectivity index (χ1) is 9.26. The maximum absolute atomic E-state index is 5.97. The second kappa shape index (κ2) is 5.73. The topological polar surface area (TPSA) is 33.6 Å². The predicted octanol–water partition coefficient (Wildman–Crippen LogP) is 3.08. The van der Waals surface area contributed by atoms with E-state index in [1.807, 2.05) is 30.0 Å². The molecule has 0 saturated carbocycles. The molecule has 1 aromatic rings. The van der Waals surface area contributed by atoms with Crippen molar-refractivity contribution in [3.05, 3.63) is 34.9 Å². The minimum absolute atomic E-state index is 0.218. The molecule has 1 aromatic carbocycles. The highest BCUT2D eigenvalue weighted by Gasteiger charge is 2.38. The number of amidine groups is 1. The molecule has 0 radical (unpaired) electrons. The lowest BCUT2D eigenvalue weighted by Gasteiger charge is -2.32. The summed E-state index contributed by atoms with van der Waals surface area (Å²) in [5.41, 5.74) is 1.37. The summed E-state index contributed by atoms with van der Waals surface area (Å²) in [6.07, 6.45) is 2.16. The molecule has 2 aliphatic rings. The van der Waals surface area contributed by atoms with Gasteiger partial charge in [0.25, 0.3) is 0 Å². The van der Waals surface area contributed by atoms with Crippen molar-refractivity contribution in [2.24, 2.45) is 4.99 Å². The molecule has 0 aromatic heterocycles. The van der Waals surface area contributed by atoms with Gasteiger partial charge < -0.3 is 10.1 Å². The summed E-state index contributed by atoms with van der Waals surface area (Å²) in [6.45, 7) is 2.40. The number of halogens is 1. The fourth-order valence-corrected chi connectivity index (χ4v) is 3.85. The van der Waals surface area contributed by atoms with Gasteiger partial charge in [-0.25, -0.2) is 0 Å². The first kappa shape index (κ1) is 13.3. The number of nitrogens with one attached hydrogen (secondary N) is 1. The summed E-state index contributed by atoms with van der Waals surface area (Å²) in [7, 11) is 0. The molecule has 3 rings (SSSR count). The summed E-state index contributed by atoms with van der Waals surface area (Å²) >= 11 is 7.80. The molecule has 2 heterocycles. The number of thioether (sulfide) groups is 1. The lowest BCUT2D eigenvalue weighted by molar-refractivity contribution is 0.0555. The highest BCUT2D eigenvalue weighted by Crippen LogP contribution is 2.31. The molecule has 5 heteroatoms. The highest BCUT2D eigenvalue weighted by molar-refractivity contribution is 8.14. The molecule has 3 nitrogen and oxygen atoms in total. The zero-order valence-electron chi connectivity index (χ0n) is 10.7. The van der Waals surface area contributed by atoms with E-state index in [1.54, 1.807) is 0 Å². The Morgan fingerprint density at radius 3 is 3.00 bits per heavy atom. The average Bonchev–Trinajstić information content (AvgIpc) is 2.80. The highest BCUT2D eigenvalue weighted by atomic mass is 35.5. The average molecular weight is 297 g/mol. The Bertz CT molecular complexity index is 486. The molecule has 1 spiro atoms. The first-order valence-corrected chi connectivity index (χ1v) is 7.90. The Labute approximate surface area is 122 Å². The van der Waals surface area contributed by atoms with Crippen LogP contribution in [0.15, 0.2) is 29.3 Å². The quantitative estimate of drug-likeness (QED) is 0.910. The van der Waals surface area contributed by atoms with Crippen LogP contribution in [-0.2, 0) is 11.3 Å². The maximum atomic E-state index is 5.97. The number of nitrogens with zero attached hydrogens (tertiary/aromatic N) is 1. The summed E-state index contributed by atoms with van der Waals surface area (Å²) < 4.78 is 5.43. The van der Waals surface area contributed by atoms with Crippen molar-refractivity contribution in [1.29, 1.82) is 0 Å². The van der Waals surface area contributed by atoms with Gasteiger partial charge in [-0.15, -0.1) is 0 Å². The second-order valence-corrected chi connectivity index (χ2v) is 6.46. The van der Waals surface area contributed by atoms with E-state index in [0.29, 0.717) is 6.54 Å². The van der Waals surface area contributed by atoms with Gasteiger partial charge in [0.2, 0.25) is 0 Å². The van der Waals surface area contributed by atoms with E-state index in [0.717, 1.165) is 47.6 Å². The number of hydrogen-bond donors (Lipinski definition) is 1. The zero-order valence-corrected chi connectivity index (χ0v) is 12.3. The van der Waals surface area contributed by atoms with E-state index in [-0.39, 0.29) is 5.54 Å². The summed E-state index contributed by atoms with van der Waals surface area (Å²) in [4.78, 5) is 4.65. The molecule has 2 saturated heterocycles. The van der Waals surface area contributed by atoms with Gasteiger partial charge in [-0.1, -0.05) is 35.5 Å². The van der Waals surface area contributed by atoms with Crippen LogP contribution in [0.2, 0.25) is 5.02 Å². The molecule has 0 atom stereocenters. The minimum atomic E-state index is 0.218. The van der Waals surface area contributed by atoms with Gasteiger partial charge in [0.1, 0.15) is 0 Å². The third-order valence-corrected chi connectivity index (χ3v) is 5.04. The molecule has 19 heavy (non-hydrogen) atoms. The van der Waals surface area contributed by atoms with Crippen LogP contribution in [-0.4, -0.2) is 29.7 Å². The summed E-state index contributed by atoms with van der Waals surface area (Å²) in [5.74, 6) is 1.10. The van der Waals surface area contributed by atoms with Gasteiger partial charge in [-0.2, -0.15) is 0 Å². The van der Waals surface area contributed by atoms with Crippen LogP contribution in [0.1, 0.15) is 18.4 Å². The molecular weight excluding hydrogens is 280 g/mol. The van der Waals surface area contributed by atoms with Crippen LogP contribution in [0.25, 0.3) is 0 Å². The monoisotopic (exact) mass is 296 g/mol. The molecular formula is C14H17ClN2OS. The lowest BCUT2D eigenvalue weighted by atomic mass is 9.93. The van der Waals surface area contributed by atoms with Gasteiger partial charge in [0.15, 0.2) is 5.17 Å². The molecule has 0 aliphatic carbocycles. The largest absolute Gasteiger partial charge is 0.381 e. The SMILES string of the molecule is Clc1cccc(CN=C2NC3(CCOCC3)CS2)c1. The van der Waals surface area contributed by atoms with Crippen molar-refractivity contribution >= 4 is 28.5 Å². The van der Waals surface area contributed by atoms with Gasteiger partial charge in [-0.05, 0) is 30.5 Å². The third-order valence-electron chi connectivity index (χ3n) is 3.60. The second-order valence-electron chi connectivity index (χ2n) is 5.06. The first-order valence-electron chi connectivity index (χ1n) is 6.53. The van der Waals surface area contributed by atoms with Crippen LogP contribution in [0.4, 0.5) is 0 Å². The van der Waals surface area contributed by atoms with Crippen molar-refractivity contribution in [3.8, 4) is 0 Å². The van der Waals surface area contributed by atoms with Gasteiger partial charge >= 0.3 is 0 Å². The van der Waals surface area contributed by atoms with Crippen molar-refractivity contribution in [2.75, 3.05) is 19.0 Å². The Kier molecular flexibility index (Phi) is 4.01. The number of ether oxygens (including phenoxy) is 1. The maximum Gasteiger partial charge on any atom is 0.157 e. The Balaban J connectivity index is 1.62. The van der Waals surface area contributed by atoms with Crippen molar-refractivity contribution in [3.63, 3.8) is 0 Å². The van der Waals surface area contributed by atoms with E-state index in [9.17, 15) is 0 Å². The smallest absolute Gasteiger partial charge is 0.157 e. The fourth-order valence-electron chi connectivity index (χ4n) is 2.42. The van der Waals surface area contributed by atoms with Crippen LogP contribution < -0.4 is 5.32 Å². The molecule has 2 aliphatic heterocycles. The summed E-state index contributed by atoms with van der Waals surface area (Å²) in [5, 5.41) is 5.42. The van der Waals surface area contributed by atoms with E-state index < -0.39 is 0 Å². The van der Waals surface area contributed by atoms with Crippen LogP contribution in [0.3, 0.4) is 0 Å². The number of benzene rings is 1. The van der Waals surface area contributed by atoms with E-state index in [2.05, 4.69) is 16.4 Å². The third kappa shape index (κ3) is 3.25. The van der Waals surface area contributed by atoms with E-state index in [4.69, 9.17) is 16.3 Å².